The van der Waals surface area contributed by atoms with E-state index < -0.39 is 16.1 Å². The Hall–Kier alpha value is -3.53. The fourth-order valence-electron chi connectivity index (χ4n) is 5.86. The Morgan fingerprint density at radius 3 is 2.60 bits per heavy atom. The molecule has 0 aliphatic carbocycles. The van der Waals surface area contributed by atoms with Gasteiger partial charge >= 0.3 is 0 Å². The third-order valence-electron chi connectivity index (χ3n) is 7.91. The number of rotatable bonds is 9. The number of methoxy groups -OCH3 is 1. The number of Topliss-reactive ketones (excluding diaryl/α,β-unsaturated/α-hetero) is 1. The fourth-order valence-corrected chi connectivity index (χ4v) is 8.66. The molecule has 1 atom stereocenters. The van der Waals surface area contributed by atoms with E-state index in [-0.39, 0.29) is 22.3 Å². The molecule has 1 saturated heterocycles. The van der Waals surface area contributed by atoms with E-state index in [1.807, 2.05) is 59.5 Å². The Morgan fingerprint density at radius 1 is 1.02 bits per heavy atom. The standard InChI is InChI=1S/C31H30N2O5S2/c1-38-23-13-10-21(11-14-23)16-18-32-27-15-12-22(24-6-4-7-25(30(24)27)31(32)35)20-28(34)26-8-2-3-17-33(26)40(36,37)29-9-5-19-39-29/h4-7,9-15,19,26H,2-3,8,16-18,20H2,1H3. The summed E-state index contributed by atoms with van der Waals surface area (Å²) in [6.45, 7) is 0.878. The second kappa shape index (κ2) is 10.8. The van der Waals surface area contributed by atoms with E-state index in [4.69, 9.17) is 4.74 Å². The average Bonchev–Trinajstić information content (AvgIpc) is 3.62. The number of amides is 1. The highest BCUT2D eigenvalue weighted by atomic mass is 32.2. The second-order valence-electron chi connectivity index (χ2n) is 10.2. The minimum absolute atomic E-state index is 0.0434. The predicted molar refractivity (Wildman–Crippen MR) is 157 cm³/mol. The number of ketones is 1. The molecule has 3 heterocycles. The summed E-state index contributed by atoms with van der Waals surface area (Å²) < 4.78 is 33.6. The van der Waals surface area contributed by atoms with Crippen LogP contribution in [-0.2, 0) is 27.7 Å². The summed E-state index contributed by atoms with van der Waals surface area (Å²) >= 11 is 1.17. The number of nitrogens with zero attached hydrogens (tertiary/aromatic N) is 2. The lowest BCUT2D eigenvalue weighted by molar-refractivity contribution is -0.122. The molecule has 0 N–H and O–H groups in total. The molecule has 1 fully saturated rings. The van der Waals surface area contributed by atoms with Gasteiger partial charge in [0.15, 0.2) is 5.78 Å². The van der Waals surface area contributed by atoms with Gasteiger partial charge in [-0.05, 0) is 71.5 Å². The molecule has 0 saturated carbocycles. The van der Waals surface area contributed by atoms with E-state index in [9.17, 15) is 18.0 Å². The van der Waals surface area contributed by atoms with Crippen molar-refractivity contribution in [1.29, 1.82) is 0 Å². The van der Waals surface area contributed by atoms with Gasteiger partial charge in [-0.25, -0.2) is 8.42 Å². The largest absolute Gasteiger partial charge is 0.497 e. The zero-order chi connectivity index (χ0) is 27.9. The van der Waals surface area contributed by atoms with E-state index in [1.54, 1.807) is 24.6 Å². The molecule has 3 aromatic carbocycles. The van der Waals surface area contributed by atoms with Crippen LogP contribution in [0.5, 0.6) is 5.75 Å². The minimum atomic E-state index is -3.73. The van der Waals surface area contributed by atoms with Gasteiger partial charge in [0.2, 0.25) is 0 Å². The number of hydrogen-bond donors (Lipinski definition) is 0. The van der Waals surface area contributed by atoms with Gasteiger partial charge in [0.1, 0.15) is 9.96 Å². The molecular weight excluding hydrogens is 544 g/mol. The molecular formula is C31H30N2O5S2. The van der Waals surface area contributed by atoms with Gasteiger partial charge in [-0.3, -0.25) is 9.59 Å². The normalized spacial score (nSPS) is 17.5. The van der Waals surface area contributed by atoms with Gasteiger partial charge in [0.25, 0.3) is 15.9 Å². The van der Waals surface area contributed by atoms with Gasteiger partial charge in [-0.15, -0.1) is 11.3 Å². The first kappa shape index (κ1) is 26.7. The van der Waals surface area contributed by atoms with E-state index in [1.165, 1.54) is 15.6 Å². The van der Waals surface area contributed by atoms with Crippen LogP contribution < -0.4 is 9.64 Å². The average molecular weight is 575 g/mol. The van der Waals surface area contributed by atoms with Gasteiger partial charge in [0, 0.05) is 30.5 Å². The summed E-state index contributed by atoms with van der Waals surface area (Å²) in [5.41, 5.74) is 3.41. The molecule has 40 heavy (non-hydrogen) atoms. The topological polar surface area (TPSA) is 84.0 Å². The van der Waals surface area contributed by atoms with E-state index >= 15 is 0 Å². The molecule has 206 valence electrons. The zero-order valence-corrected chi connectivity index (χ0v) is 23.8. The maximum atomic E-state index is 13.7. The minimum Gasteiger partial charge on any atom is -0.497 e. The third-order valence-corrected chi connectivity index (χ3v) is 11.2. The Bertz CT molecular complexity index is 1680. The highest BCUT2D eigenvalue weighted by Crippen LogP contribution is 2.39. The lowest BCUT2D eigenvalue weighted by Crippen LogP contribution is -2.48. The highest BCUT2D eigenvalue weighted by Gasteiger charge is 2.38. The Kier molecular flexibility index (Phi) is 7.20. The molecule has 7 nitrogen and oxygen atoms in total. The van der Waals surface area contributed by atoms with E-state index in [2.05, 4.69) is 0 Å². The molecule has 2 aliphatic heterocycles. The molecule has 0 spiro atoms. The summed E-state index contributed by atoms with van der Waals surface area (Å²) in [5.74, 6) is 0.639. The number of hydrogen-bond acceptors (Lipinski definition) is 6. The molecule has 9 heteroatoms. The number of ether oxygens (including phenoxy) is 1. The maximum Gasteiger partial charge on any atom is 0.259 e. The van der Waals surface area contributed by atoms with Crippen molar-refractivity contribution in [2.24, 2.45) is 0 Å². The quantitative estimate of drug-likeness (QED) is 0.265. The molecule has 6 rings (SSSR count). The summed E-state index contributed by atoms with van der Waals surface area (Å²) in [7, 11) is -2.09. The van der Waals surface area contributed by atoms with Crippen molar-refractivity contribution in [3.05, 3.63) is 88.8 Å². The highest BCUT2D eigenvalue weighted by molar-refractivity contribution is 7.91. The molecule has 0 bridgehead atoms. The van der Waals surface area contributed by atoms with Crippen LogP contribution in [0.2, 0.25) is 0 Å². The lowest BCUT2D eigenvalue weighted by Gasteiger charge is -2.33. The Labute approximate surface area is 238 Å². The van der Waals surface area contributed by atoms with E-state index in [0.29, 0.717) is 31.5 Å². The van der Waals surface area contributed by atoms with Crippen molar-refractivity contribution in [3.8, 4) is 5.75 Å². The van der Waals surface area contributed by atoms with Gasteiger partial charge in [-0.1, -0.05) is 42.8 Å². The summed E-state index contributed by atoms with van der Waals surface area (Å²) in [6.07, 6.45) is 2.88. The molecule has 1 aromatic heterocycles. The molecule has 4 aromatic rings. The van der Waals surface area contributed by atoms with E-state index in [0.717, 1.165) is 46.2 Å². The monoisotopic (exact) mass is 574 g/mol. The second-order valence-corrected chi connectivity index (χ2v) is 13.3. The van der Waals surface area contributed by atoms with Crippen LogP contribution in [0, 0.1) is 0 Å². The predicted octanol–water partition coefficient (Wildman–Crippen LogP) is 5.47. The first-order valence-electron chi connectivity index (χ1n) is 13.5. The van der Waals surface area contributed by atoms with Crippen molar-refractivity contribution >= 4 is 49.5 Å². The van der Waals surface area contributed by atoms with Crippen LogP contribution in [0.15, 0.2) is 76.3 Å². The Morgan fingerprint density at radius 2 is 1.85 bits per heavy atom. The number of piperidine rings is 1. The number of thiophene rings is 1. The summed E-state index contributed by atoms with van der Waals surface area (Å²) in [5, 5.41) is 3.47. The number of carbonyl (C=O) groups excluding carboxylic acids is 2. The van der Waals surface area contributed by atoms with Crippen LogP contribution in [0.1, 0.15) is 40.7 Å². The molecule has 0 radical (unpaired) electrons. The molecule has 2 aliphatic rings. The van der Waals surface area contributed by atoms with Crippen LogP contribution in [-0.4, -0.2) is 50.7 Å². The van der Waals surface area contributed by atoms with Crippen LogP contribution >= 0.6 is 11.3 Å². The van der Waals surface area contributed by atoms with Crippen molar-refractivity contribution in [2.75, 3.05) is 25.1 Å². The maximum absolute atomic E-state index is 13.7. The Balaban J connectivity index is 1.26. The first-order chi connectivity index (χ1) is 19.4. The number of carbonyl (C=O) groups is 2. The van der Waals surface area contributed by atoms with Crippen LogP contribution in [0.25, 0.3) is 10.8 Å². The zero-order valence-electron chi connectivity index (χ0n) is 22.2. The molecule has 1 amide bonds. The number of benzene rings is 3. The third kappa shape index (κ3) is 4.72. The smallest absolute Gasteiger partial charge is 0.259 e. The SMILES string of the molecule is COc1ccc(CCN2C(=O)c3cccc4c(CC(=O)C5CCCCN5S(=O)(=O)c5cccs5)ccc2c34)cc1. The van der Waals surface area contributed by atoms with Crippen molar-refractivity contribution in [1.82, 2.24) is 4.31 Å². The summed E-state index contributed by atoms with van der Waals surface area (Å²) in [6, 6.07) is 19.9. The lowest BCUT2D eigenvalue weighted by atomic mass is 9.93. The molecule has 1 unspecified atom stereocenters. The first-order valence-corrected chi connectivity index (χ1v) is 15.8. The number of anilines is 1. The summed E-state index contributed by atoms with van der Waals surface area (Å²) in [4.78, 5) is 28.9. The van der Waals surface area contributed by atoms with Crippen LogP contribution in [0.3, 0.4) is 0 Å². The van der Waals surface area contributed by atoms with Crippen molar-refractivity contribution in [2.45, 2.75) is 42.4 Å². The van der Waals surface area contributed by atoms with Crippen LogP contribution in [0.4, 0.5) is 5.69 Å². The number of sulfonamides is 1. The van der Waals surface area contributed by atoms with Gasteiger partial charge in [-0.2, -0.15) is 4.31 Å². The van der Waals surface area contributed by atoms with Gasteiger partial charge in [0.05, 0.1) is 18.8 Å². The van der Waals surface area contributed by atoms with Gasteiger partial charge < -0.3 is 9.64 Å². The van der Waals surface area contributed by atoms with Crippen molar-refractivity contribution in [3.63, 3.8) is 0 Å². The fraction of sp³-hybridized carbons (Fsp3) is 0.290. The van der Waals surface area contributed by atoms with Crippen molar-refractivity contribution < 1.29 is 22.7 Å².